The van der Waals surface area contributed by atoms with E-state index in [1.54, 1.807) is 0 Å². The summed E-state index contributed by atoms with van der Waals surface area (Å²) < 4.78 is 1.88. The van der Waals surface area contributed by atoms with Gasteiger partial charge in [0, 0.05) is 57.6 Å². The van der Waals surface area contributed by atoms with Gasteiger partial charge in [0.1, 0.15) is 5.65 Å². The van der Waals surface area contributed by atoms with Crippen LogP contribution < -0.4 is 16.6 Å². The van der Waals surface area contributed by atoms with E-state index in [1.165, 1.54) is 25.7 Å². The summed E-state index contributed by atoms with van der Waals surface area (Å²) in [6, 6.07) is 13.8. The van der Waals surface area contributed by atoms with E-state index in [2.05, 4.69) is 15.3 Å². The van der Waals surface area contributed by atoms with Gasteiger partial charge >= 0.3 is 0 Å². The van der Waals surface area contributed by atoms with E-state index < -0.39 is 0 Å². The van der Waals surface area contributed by atoms with Gasteiger partial charge in [-0.2, -0.15) is 4.98 Å². The number of halogens is 1. The molecule has 0 saturated heterocycles. The number of aryl methyl sites for hydroxylation is 1. The van der Waals surface area contributed by atoms with Crippen molar-refractivity contribution in [3.8, 4) is 22.4 Å². The van der Waals surface area contributed by atoms with Crippen LogP contribution in [0.3, 0.4) is 0 Å². The summed E-state index contributed by atoms with van der Waals surface area (Å²) in [5, 5.41) is 4.77. The molecule has 0 bridgehead atoms. The molecular formula is C31H35ClN6O. The highest BCUT2D eigenvalue weighted by Gasteiger charge is 2.25. The van der Waals surface area contributed by atoms with Crippen LogP contribution in [0.4, 0.5) is 5.95 Å². The second-order valence-corrected chi connectivity index (χ2v) is 11.6. The first-order chi connectivity index (χ1) is 19.0. The number of hydrogen-bond donors (Lipinski definition) is 2. The van der Waals surface area contributed by atoms with Gasteiger partial charge in [0.25, 0.3) is 5.56 Å². The lowest BCUT2D eigenvalue weighted by Crippen LogP contribution is -2.33. The summed E-state index contributed by atoms with van der Waals surface area (Å²) in [7, 11) is 0. The molecule has 0 spiro atoms. The van der Waals surface area contributed by atoms with E-state index >= 15 is 0 Å². The molecule has 39 heavy (non-hydrogen) atoms. The molecule has 0 atom stereocenters. The summed E-state index contributed by atoms with van der Waals surface area (Å²) in [6.45, 7) is 2.83. The zero-order valence-electron chi connectivity index (χ0n) is 22.4. The van der Waals surface area contributed by atoms with Crippen molar-refractivity contribution in [1.29, 1.82) is 0 Å². The Morgan fingerprint density at radius 1 is 1.00 bits per heavy atom. The van der Waals surface area contributed by atoms with Gasteiger partial charge in [-0.3, -0.25) is 14.3 Å². The molecule has 0 aliphatic heterocycles. The average Bonchev–Trinajstić information content (AvgIpc) is 3.46. The second kappa shape index (κ2) is 11.1. The monoisotopic (exact) mass is 542 g/mol. The Bertz CT molecular complexity index is 1550. The lowest BCUT2D eigenvalue weighted by atomic mass is 9.91. The van der Waals surface area contributed by atoms with E-state index in [9.17, 15) is 4.79 Å². The normalized spacial score (nSPS) is 20.0. The number of nitrogens with one attached hydrogen (secondary N) is 1. The zero-order valence-corrected chi connectivity index (χ0v) is 23.1. The molecule has 2 fully saturated rings. The van der Waals surface area contributed by atoms with Crippen LogP contribution in [0.2, 0.25) is 5.02 Å². The number of nitrogens with two attached hydrogens (primary N) is 1. The molecule has 0 unspecified atom stereocenters. The van der Waals surface area contributed by atoms with Crippen LogP contribution in [0.5, 0.6) is 0 Å². The highest BCUT2D eigenvalue weighted by Crippen LogP contribution is 2.34. The molecule has 2 aliphatic carbocycles. The Morgan fingerprint density at radius 2 is 1.79 bits per heavy atom. The van der Waals surface area contributed by atoms with Crippen molar-refractivity contribution < 1.29 is 0 Å². The van der Waals surface area contributed by atoms with Crippen molar-refractivity contribution in [2.24, 2.45) is 11.7 Å². The molecule has 4 aromatic rings. The molecule has 0 amide bonds. The molecule has 3 aromatic heterocycles. The fraction of sp³-hybridized carbons (Fsp3) is 0.419. The number of rotatable bonds is 6. The average molecular weight is 543 g/mol. The van der Waals surface area contributed by atoms with Crippen molar-refractivity contribution in [2.45, 2.75) is 70.4 Å². The zero-order chi connectivity index (χ0) is 26.9. The van der Waals surface area contributed by atoms with E-state index in [4.69, 9.17) is 22.3 Å². The fourth-order valence-electron chi connectivity index (χ4n) is 6.14. The molecular weight excluding hydrogens is 508 g/mol. The van der Waals surface area contributed by atoms with Crippen molar-refractivity contribution in [1.82, 2.24) is 19.5 Å². The van der Waals surface area contributed by atoms with Crippen molar-refractivity contribution >= 4 is 28.6 Å². The van der Waals surface area contributed by atoms with Gasteiger partial charge in [-0.25, -0.2) is 4.98 Å². The van der Waals surface area contributed by atoms with Crippen LogP contribution in [0.1, 0.15) is 63.1 Å². The van der Waals surface area contributed by atoms with Crippen molar-refractivity contribution in [2.75, 3.05) is 11.9 Å². The van der Waals surface area contributed by atoms with Gasteiger partial charge in [-0.05, 0) is 75.6 Å². The smallest absolute Gasteiger partial charge is 0.260 e. The predicted octanol–water partition coefficient (Wildman–Crippen LogP) is 6.53. The number of hydrogen-bond acceptors (Lipinski definition) is 6. The van der Waals surface area contributed by atoms with Crippen LogP contribution in [-0.4, -0.2) is 32.1 Å². The van der Waals surface area contributed by atoms with Crippen LogP contribution >= 0.6 is 11.6 Å². The first-order valence-corrected chi connectivity index (χ1v) is 14.5. The number of benzene rings is 1. The first-order valence-electron chi connectivity index (χ1n) is 14.1. The van der Waals surface area contributed by atoms with Crippen LogP contribution in [0.15, 0.2) is 53.5 Å². The molecule has 2 aliphatic rings. The molecule has 8 heteroatoms. The lowest BCUT2D eigenvalue weighted by molar-refractivity contribution is 0.323. The molecule has 3 heterocycles. The molecule has 0 radical (unpaired) electrons. The Balaban J connectivity index is 1.42. The lowest BCUT2D eigenvalue weighted by Gasteiger charge is -2.29. The molecule has 7 nitrogen and oxygen atoms in total. The maximum atomic E-state index is 14.2. The van der Waals surface area contributed by atoms with Gasteiger partial charge in [-0.15, -0.1) is 0 Å². The van der Waals surface area contributed by atoms with E-state index in [-0.39, 0.29) is 17.6 Å². The molecule has 2 saturated carbocycles. The van der Waals surface area contributed by atoms with Crippen LogP contribution in [-0.2, 0) is 0 Å². The first kappa shape index (κ1) is 26.0. The number of pyridine rings is 2. The van der Waals surface area contributed by atoms with Gasteiger partial charge in [-0.1, -0.05) is 42.6 Å². The third kappa shape index (κ3) is 5.43. The van der Waals surface area contributed by atoms with E-state index in [1.807, 2.05) is 60.2 Å². The molecule has 202 valence electrons. The highest BCUT2D eigenvalue weighted by atomic mass is 35.5. The number of nitrogens with zero attached hydrogens (tertiary/aromatic N) is 4. The second-order valence-electron chi connectivity index (χ2n) is 11.2. The van der Waals surface area contributed by atoms with Crippen LogP contribution in [0.25, 0.3) is 33.4 Å². The number of fused-ring (bicyclic) bond motifs is 1. The van der Waals surface area contributed by atoms with Gasteiger partial charge in [0.15, 0.2) is 0 Å². The van der Waals surface area contributed by atoms with Crippen molar-refractivity contribution in [3.63, 3.8) is 0 Å². The van der Waals surface area contributed by atoms with Gasteiger partial charge in [0.05, 0.1) is 5.69 Å². The Kier molecular flexibility index (Phi) is 7.36. The molecule has 6 rings (SSSR count). The Morgan fingerprint density at radius 3 is 2.54 bits per heavy atom. The third-order valence-electron chi connectivity index (χ3n) is 8.35. The topological polar surface area (TPSA) is 98.7 Å². The largest absolute Gasteiger partial charge is 0.354 e. The Hall–Kier alpha value is -3.29. The quantitative estimate of drug-likeness (QED) is 0.287. The minimum Gasteiger partial charge on any atom is -0.354 e. The summed E-state index contributed by atoms with van der Waals surface area (Å²) >= 11 is 6.83. The summed E-state index contributed by atoms with van der Waals surface area (Å²) in [5.74, 6) is 1.24. The van der Waals surface area contributed by atoms with E-state index in [0.717, 1.165) is 54.6 Å². The highest BCUT2D eigenvalue weighted by molar-refractivity contribution is 6.33. The van der Waals surface area contributed by atoms with E-state index in [0.29, 0.717) is 33.7 Å². The minimum absolute atomic E-state index is 0.0341. The maximum absolute atomic E-state index is 14.2. The fourth-order valence-corrected chi connectivity index (χ4v) is 6.43. The molecule has 3 N–H and O–H groups in total. The summed E-state index contributed by atoms with van der Waals surface area (Å²) in [5.41, 5.74) is 10.8. The van der Waals surface area contributed by atoms with Crippen molar-refractivity contribution in [3.05, 3.63) is 69.7 Å². The summed E-state index contributed by atoms with van der Waals surface area (Å²) in [6.07, 6.45) is 10.4. The number of anilines is 1. The Labute approximate surface area is 233 Å². The maximum Gasteiger partial charge on any atom is 0.260 e. The number of aromatic nitrogens is 4. The minimum atomic E-state index is -0.0771. The van der Waals surface area contributed by atoms with Gasteiger partial charge in [0.2, 0.25) is 5.95 Å². The third-order valence-corrected chi connectivity index (χ3v) is 8.66. The standard InChI is InChI=1S/C31H35ClN6O/c1-19-5-4-8-28(36-19)21-9-14-25(27(32)16-21)26-15-22-18-35-31(34-17-20-6-2-3-7-20)37-29(22)38(30(26)39)24-12-10-23(33)11-13-24/h4-5,8-9,14-16,18,20,23-24H,2-3,6-7,10-13,17,33H2,1H3,(H,34,35,37)/t23-,24-. The predicted molar refractivity (Wildman–Crippen MR) is 158 cm³/mol. The molecule has 1 aromatic carbocycles. The SMILES string of the molecule is Cc1cccc(-c2ccc(-c3cc4cnc(NCC5CCCC5)nc4n([C@H]4CC[C@H](N)CC4)c3=O)c(Cl)c2)n1. The van der Waals surface area contributed by atoms with Gasteiger partial charge < -0.3 is 11.1 Å². The van der Waals surface area contributed by atoms with Crippen LogP contribution in [0, 0.1) is 12.8 Å². The summed E-state index contributed by atoms with van der Waals surface area (Å²) in [4.78, 5) is 28.3.